The Morgan fingerprint density at radius 3 is 2.47 bits per heavy atom. The van der Waals surface area contributed by atoms with E-state index in [0.29, 0.717) is 36.4 Å². The number of benzene rings is 2. The molecule has 0 aliphatic carbocycles. The lowest BCUT2D eigenvalue weighted by molar-refractivity contribution is -0.140. The third-order valence-electron chi connectivity index (χ3n) is 6.07. The van der Waals surface area contributed by atoms with Gasteiger partial charge in [-0.3, -0.25) is 9.59 Å². The number of ether oxygens (including phenoxy) is 1. The van der Waals surface area contributed by atoms with Crippen molar-refractivity contribution in [1.29, 1.82) is 0 Å². The molecule has 0 radical (unpaired) electrons. The summed E-state index contributed by atoms with van der Waals surface area (Å²) in [5.74, 6) is -1.02. The molecule has 7 heteroatoms. The van der Waals surface area contributed by atoms with Crippen molar-refractivity contribution in [2.45, 2.75) is 39.7 Å². The molecule has 7 nitrogen and oxygen atoms in total. The number of amides is 1. The summed E-state index contributed by atoms with van der Waals surface area (Å²) in [6, 6.07) is 12.6. The van der Waals surface area contributed by atoms with E-state index in [2.05, 4.69) is 18.7 Å². The number of Topliss-reactive ketones (excluding diaryl/α,β-unsaturated/α-hetero) is 1. The summed E-state index contributed by atoms with van der Waals surface area (Å²) in [6.45, 7) is 9.66. The zero-order chi connectivity index (χ0) is 24.7. The molecule has 1 heterocycles. The van der Waals surface area contributed by atoms with Crippen LogP contribution in [0.2, 0.25) is 0 Å². The minimum atomic E-state index is -0.788. The predicted molar refractivity (Wildman–Crippen MR) is 132 cm³/mol. The summed E-state index contributed by atoms with van der Waals surface area (Å²) >= 11 is 0. The zero-order valence-electron chi connectivity index (χ0n) is 20.2. The van der Waals surface area contributed by atoms with E-state index in [1.165, 1.54) is 17.0 Å². The molecule has 3 rings (SSSR count). The van der Waals surface area contributed by atoms with Crippen molar-refractivity contribution in [3.63, 3.8) is 0 Å². The molecule has 2 aromatic rings. The van der Waals surface area contributed by atoms with Crippen LogP contribution in [0.5, 0.6) is 11.5 Å². The molecule has 0 saturated carbocycles. The lowest BCUT2D eigenvalue weighted by Gasteiger charge is -2.27. The van der Waals surface area contributed by atoms with Gasteiger partial charge in [-0.2, -0.15) is 0 Å². The highest BCUT2D eigenvalue weighted by Crippen LogP contribution is 2.40. The lowest BCUT2D eigenvalue weighted by Crippen LogP contribution is -2.33. The van der Waals surface area contributed by atoms with Gasteiger partial charge in [-0.05, 0) is 62.3 Å². The van der Waals surface area contributed by atoms with E-state index in [4.69, 9.17) is 4.74 Å². The Morgan fingerprint density at radius 1 is 1.06 bits per heavy atom. The van der Waals surface area contributed by atoms with Gasteiger partial charge < -0.3 is 24.7 Å². The topological polar surface area (TPSA) is 90.3 Å². The first-order chi connectivity index (χ1) is 16.4. The number of hydrogen-bond acceptors (Lipinski definition) is 6. The van der Waals surface area contributed by atoms with E-state index in [1.54, 1.807) is 36.4 Å². The fourth-order valence-corrected chi connectivity index (χ4v) is 4.27. The molecule has 1 aliphatic rings. The Bertz CT molecular complexity index is 1040. The quantitative estimate of drug-likeness (QED) is 0.291. The molecule has 1 atom stereocenters. The number of hydrogen-bond donors (Lipinski definition) is 2. The molecular weight excluding hydrogens is 432 g/mol. The van der Waals surface area contributed by atoms with Gasteiger partial charge in [0.1, 0.15) is 17.3 Å². The lowest BCUT2D eigenvalue weighted by atomic mass is 9.95. The van der Waals surface area contributed by atoms with E-state index < -0.39 is 17.7 Å². The largest absolute Gasteiger partial charge is 0.508 e. The Kier molecular flexibility index (Phi) is 8.71. The van der Waals surface area contributed by atoms with Gasteiger partial charge in [0.25, 0.3) is 11.7 Å². The SMILES string of the molecule is CCCOc1cccc(/C(O)=C2\C(=O)C(=O)N(CCCN(CC)CC)C2c2cccc(O)c2)c1. The van der Waals surface area contributed by atoms with Crippen molar-refractivity contribution >= 4 is 17.4 Å². The average molecular weight is 467 g/mol. The Morgan fingerprint density at radius 2 is 1.79 bits per heavy atom. The van der Waals surface area contributed by atoms with E-state index in [-0.39, 0.29) is 17.1 Å². The van der Waals surface area contributed by atoms with Crippen molar-refractivity contribution < 1.29 is 24.5 Å². The number of phenols is 1. The fourth-order valence-electron chi connectivity index (χ4n) is 4.27. The second kappa shape index (κ2) is 11.7. The molecule has 1 aliphatic heterocycles. The third-order valence-corrected chi connectivity index (χ3v) is 6.07. The first kappa shape index (κ1) is 25.3. The maximum atomic E-state index is 13.2. The molecule has 182 valence electrons. The van der Waals surface area contributed by atoms with E-state index >= 15 is 0 Å². The summed E-state index contributed by atoms with van der Waals surface area (Å²) in [4.78, 5) is 30.0. The van der Waals surface area contributed by atoms with Crippen LogP contribution < -0.4 is 4.74 Å². The second-order valence-corrected chi connectivity index (χ2v) is 8.34. The molecule has 0 bridgehead atoms. The molecule has 2 N–H and O–H groups in total. The number of ketones is 1. The van der Waals surface area contributed by atoms with Crippen LogP contribution in [-0.4, -0.2) is 64.5 Å². The monoisotopic (exact) mass is 466 g/mol. The molecule has 1 unspecified atom stereocenters. The predicted octanol–water partition coefficient (Wildman–Crippen LogP) is 4.33. The van der Waals surface area contributed by atoms with Crippen LogP contribution in [0, 0.1) is 0 Å². The smallest absolute Gasteiger partial charge is 0.295 e. The number of aliphatic hydroxyl groups excluding tert-OH is 1. The van der Waals surface area contributed by atoms with Gasteiger partial charge in [0.15, 0.2) is 0 Å². The van der Waals surface area contributed by atoms with E-state index in [9.17, 15) is 19.8 Å². The van der Waals surface area contributed by atoms with Crippen molar-refractivity contribution in [1.82, 2.24) is 9.80 Å². The Balaban J connectivity index is 2.02. The van der Waals surface area contributed by atoms with Crippen LogP contribution in [-0.2, 0) is 9.59 Å². The molecular formula is C27H34N2O5. The first-order valence-corrected chi connectivity index (χ1v) is 11.9. The molecule has 1 amide bonds. The van der Waals surface area contributed by atoms with Gasteiger partial charge in [-0.25, -0.2) is 0 Å². The Labute approximate surface area is 201 Å². The highest BCUT2D eigenvalue weighted by Gasteiger charge is 2.45. The van der Waals surface area contributed by atoms with Crippen LogP contribution in [0.4, 0.5) is 0 Å². The second-order valence-electron chi connectivity index (χ2n) is 8.34. The minimum absolute atomic E-state index is 0.0195. The van der Waals surface area contributed by atoms with Crippen LogP contribution in [0.25, 0.3) is 5.76 Å². The summed E-state index contributed by atoms with van der Waals surface area (Å²) in [7, 11) is 0. The van der Waals surface area contributed by atoms with Crippen LogP contribution >= 0.6 is 0 Å². The molecule has 34 heavy (non-hydrogen) atoms. The number of likely N-dealkylation sites (tertiary alicyclic amines) is 1. The number of carbonyl (C=O) groups is 2. The Hall–Kier alpha value is -3.32. The van der Waals surface area contributed by atoms with Gasteiger partial charge >= 0.3 is 0 Å². The fraction of sp³-hybridized carbons (Fsp3) is 0.407. The summed E-state index contributed by atoms with van der Waals surface area (Å²) in [5, 5.41) is 21.3. The molecule has 0 spiro atoms. The number of aromatic hydroxyl groups is 1. The van der Waals surface area contributed by atoms with E-state index in [1.807, 2.05) is 6.92 Å². The van der Waals surface area contributed by atoms with Crippen molar-refractivity contribution in [3.8, 4) is 11.5 Å². The number of rotatable bonds is 11. The first-order valence-electron chi connectivity index (χ1n) is 11.9. The minimum Gasteiger partial charge on any atom is -0.508 e. The summed E-state index contributed by atoms with van der Waals surface area (Å²) < 4.78 is 5.67. The van der Waals surface area contributed by atoms with E-state index in [0.717, 1.165) is 26.1 Å². The van der Waals surface area contributed by atoms with Crippen molar-refractivity contribution in [2.24, 2.45) is 0 Å². The maximum Gasteiger partial charge on any atom is 0.295 e. The molecule has 0 aromatic heterocycles. The van der Waals surface area contributed by atoms with Gasteiger partial charge in [-0.1, -0.05) is 45.0 Å². The number of phenolic OH excluding ortho intramolecular Hbond substituents is 1. The molecule has 1 saturated heterocycles. The number of carbonyl (C=O) groups excluding carboxylic acids is 2. The van der Waals surface area contributed by atoms with Gasteiger partial charge in [0, 0.05) is 12.1 Å². The highest BCUT2D eigenvalue weighted by molar-refractivity contribution is 6.46. The van der Waals surface area contributed by atoms with Crippen LogP contribution in [0.1, 0.15) is 50.8 Å². The van der Waals surface area contributed by atoms with Crippen LogP contribution in [0.3, 0.4) is 0 Å². The summed E-state index contributed by atoms with van der Waals surface area (Å²) in [5.41, 5.74) is 0.993. The zero-order valence-corrected chi connectivity index (χ0v) is 20.2. The van der Waals surface area contributed by atoms with Crippen molar-refractivity contribution in [2.75, 3.05) is 32.8 Å². The number of nitrogens with zero attached hydrogens (tertiary/aromatic N) is 2. The van der Waals surface area contributed by atoms with Crippen LogP contribution in [0.15, 0.2) is 54.1 Å². The molecule has 2 aromatic carbocycles. The van der Waals surface area contributed by atoms with Gasteiger partial charge in [0.2, 0.25) is 0 Å². The normalized spacial score (nSPS) is 17.5. The standard InChI is InChI=1S/C27H34N2O5/c1-4-16-34-22-13-8-11-20(18-22)25(31)23-24(19-10-7-12-21(30)17-19)29(27(33)26(23)32)15-9-14-28(5-2)6-3/h7-8,10-13,17-18,24,30-31H,4-6,9,14-16H2,1-3H3/b25-23+. The summed E-state index contributed by atoms with van der Waals surface area (Å²) in [6.07, 6.45) is 1.52. The molecule has 1 fully saturated rings. The number of aliphatic hydroxyl groups is 1. The maximum absolute atomic E-state index is 13.2. The van der Waals surface area contributed by atoms with Gasteiger partial charge in [0.05, 0.1) is 18.2 Å². The van der Waals surface area contributed by atoms with Gasteiger partial charge in [-0.15, -0.1) is 0 Å². The average Bonchev–Trinajstić information content (AvgIpc) is 3.10. The highest BCUT2D eigenvalue weighted by atomic mass is 16.5. The van der Waals surface area contributed by atoms with Crippen molar-refractivity contribution in [3.05, 3.63) is 65.2 Å². The third kappa shape index (κ3) is 5.59.